The highest BCUT2D eigenvalue weighted by Gasteiger charge is 2.30. The van der Waals surface area contributed by atoms with Crippen LogP contribution in [0.5, 0.6) is 0 Å². The third kappa shape index (κ3) is 5.42. The van der Waals surface area contributed by atoms with E-state index in [0.29, 0.717) is 11.3 Å². The van der Waals surface area contributed by atoms with Crippen molar-refractivity contribution >= 4 is 17.5 Å². The van der Waals surface area contributed by atoms with Gasteiger partial charge >= 0.3 is 0 Å². The first kappa shape index (κ1) is 22.6. The Bertz CT molecular complexity index is 1120. The molecule has 33 heavy (non-hydrogen) atoms. The first-order chi connectivity index (χ1) is 15.9. The fourth-order valence-corrected chi connectivity index (χ4v) is 4.09. The number of hydrogen-bond acceptors (Lipinski definition) is 5. The summed E-state index contributed by atoms with van der Waals surface area (Å²) >= 11 is 0. The van der Waals surface area contributed by atoms with Gasteiger partial charge in [-0.2, -0.15) is 4.80 Å². The highest BCUT2D eigenvalue weighted by molar-refractivity contribution is 6.00. The average Bonchev–Trinajstić information content (AvgIpc) is 3.47. The lowest BCUT2D eigenvalue weighted by Gasteiger charge is -2.29. The Hall–Kier alpha value is -3.62. The predicted octanol–water partition coefficient (Wildman–Crippen LogP) is 3.27. The number of nitrogens with one attached hydrogen (secondary N) is 1. The van der Waals surface area contributed by atoms with Gasteiger partial charge in [-0.25, -0.2) is 4.39 Å². The molecular weight excluding hydrogens is 423 g/mol. The van der Waals surface area contributed by atoms with Gasteiger partial charge in [0.25, 0.3) is 5.91 Å². The number of carbonyl (C=O) groups excluding carboxylic acids is 2. The summed E-state index contributed by atoms with van der Waals surface area (Å²) in [6.07, 6.45) is 4.14. The molecule has 2 aromatic carbocycles. The maximum absolute atomic E-state index is 13.4. The Balaban J connectivity index is 1.54. The summed E-state index contributed by atoms with van der Waals surface area (Å²) in [6, 6.07) is 12.6. The molecule has 1 atom stereocenters. The Morgan fingerprint density at radius 3 is 2.61 bits per heavy atom. The van der Waals surface area contributed by atoms with Crippen LogP contribution in [-0.2, 0) is 16.1 Å². The van der Waals surface area contributed by atoms with Crippen molar-refractivity contribution in [2.45, 2.75) is 58.2 Å². The van der Waals surface area contributed by atoms with Gasteiger partial charge < -0.3 is 5.32 Å². The number of carbonyl (C=O) groups is 2. The molecule has 1 aliphatic carbocycles. The summed E-state index contributed by atoms with van der Waals surface area (Å²) in [6.45, 7) is 3.47. The van der Waals surface area contributed by atoms with Crippen LogP contribution >= 0.6 is 0 Å². The number of aryl methyl sites for hydroxylation is 1. The molecule has 0 saturated heterocycles. The number of benzene rings is 2. The van der Waals surface area contributed by atoms with Crippen molar-refractivity contribution in [3.8, 4) is 11.4 Å². The number of rotatable bonds is 7. The smallest absolute Gasteiger partial charge is 0.251 e. The van der Waals surface area contributed by atoms with Gasteiger partial charge in [-0.1, -0.05) is 25.0 Å². The molecule has 8 nitrogen and oxygen atoms in total. The predicted molar refractivity (Wildman–Crippen MR) is 122 cm³/mol. The van der Waals surface area contributed by atoms with Crippen molar-refractivity contribution in [1.29, 1.82) is 0 Å². The number of amides is 2. The molecule has 2 amide bonds. The number of tetrazole rings is 1. The Morgan fingerprint density at radius 1 is 1.18 bits per heavy atom. The van der Waals surface area contributed by atoms with Gasteiger partial charge in [0.05, 0.1) is 0 Å². The highest BCUT2D eigenvalue weighted by atomic mass is 19.1. The van der Waals surface area contributed by atoms with E-state index < -0.39 is 6.04 Å². The minimum atomic E-state index is -0.708. The maximum Gasteiger partial charge on any atom is 0.251 e. The zero-order valence-electron chi connectivity index (χ0n) is 18.7. The minimum absolute atomic E-state index is 0.157. The van der Waals surface area contributed by atoms with E-state index in [-0.39, 0.29) is 36.0 Å². The van der Waals surface area contributed by atoms with Gasteiger partial charge in [-0.3, -0.25) is 14.5 Å². The van der Waals surface area contributed by atoms with Crippen LogP contribution in [0.15, 0.2) is 48.5 Å². The molecule has 1 heterocycles. The molecule has 1 aliphatic rings. The second-order valence-corrected chi connectivity index (χ2v) is 8.42. The molecule has 1 fully saturated rings. The molecule has 0 bridgehead atoms. The van der Waals surface area contributed by atoms with Crippen molar-refractivity contribution in [3.63, 3.8) is 0 Å². The molecule has 1 unspecified atom stereocenters. The van der Waals surface area contributed by atoms with E-state index in [2.05, 4.69) is 20.7 Å². The molecule has 4 rings (SSSR count). The van der Waals surface area contributed by atoms with Crippen molar-refractivity contribution in [2.24, 2.45) is 0 Å². The molecule has 1 saturated carbocycles. The molecule has 9 heteroatoms. The molecule has 0 aliphatic heterocycles. The lowest BCUT2D eigenvalue weighted by Crippen LogP contribution is -2.51. The molecule has 0 radical (unpaired) electrons. The van der Waals surface area contributed by atoms with Crippen LogP contribution in [0.1, 0.15) is 38.2 Å². The first-order valence-electron chi connectivity index (χ1n) is 11.1. The molecule has 172 valence electrons. The Kier molecular flexibility index (Phi) is 6.76. The second-order valence-electron chi connectivity index (χ2n) is 8.42. The zero-order chi connectivity index (χ0) is 23.4. The summed E-state index contributed by atoms with van der Waals surface area (Å²) < 4.78 is 13.2. The van der Waals surface area contributed by atoms with E-state index in [1.54, 1.807) is 19.1 Å². The van der Waals surface area contributed by atoms with Gasteiger partial charge in [-0.05, 0) is 73.9 Å². The van der Waals surface area contributed by atoms with Crippen LogP contribution in [-0.4, -0.2) is 44.1 Å². The zero-order valence-corrected chi connectivity index (χ0v) is 18.7. The summed E-state index contributed by atoms with van der Waals surface area (Å²) in [5, 5.41) is 15.3. The second kappa shape index (κ2) is 9.89. The monoisotopic (exact) mass is 450 g/mol. The van der Waals surface area contributed by atoms with Crippen LogP contribution in [0.3, 0.4) is 0 Å². The summed E-state index contributed by atoms with van der Waals surface area (Å²) in [7, 11) is 0. The number of hydrogen-bond donors (Lipinski definition) is 1. The minimum Gasteiger partial charge on any atom is -0.352 e. The van der Waals surface area contributed by atoms with Crippen LogP contribution < -0.4 is 10.2 Å². The summed E-state index contributed by atoms with van der Waals surface area (Å²) in [5.74, 6) is -0.593. The number of anilines is 1. The van der Waals surface area contributed by atoms with Gasteiger partial charge in [0, 0.05) is 17.3 Å². The van der Waals surface area contributed by atoms with E-state index in [9.17, 15) is 14.0 Å². The van der Waals surface area contributed by atoms with E-state index in [0.717, 1.165) is 31.2 Å². The standard InChI is InChI=1S/C24H27FN6O2/c1-16-6-5-9-21(14-16)31(17(2)24(33)26-20-7-3-4-8-20)22(32)15-30-28-23(27-29-30)18-10-12-19(25)13-11-18/h5-6,9-14,17,20H,3-4,7-8,15H2,1-2H3,(H,26,33). The van der Waals surface area contributed by atoms with Crippen LogP contribution in [0.2, 0.25) is 0 Å². The van der Waals surface area contributed by atoms with Gasteiger partial charge in [-0.15, -0.1) is 10.2 Å². The van der Waals surface area contributed by atoms with Crippen LogP contribution in [0, 0.1) is 12.7 Å². The molecule has 1 aromatic heterocycles. The lowest BCUT2D eigenvalue weighted by atomic mass is 10.1. The summed E-state index contributed by atoms with van der Waals surface area (Å²) in [5.41, 5.74) is 2.20. The number of aromatic nitrogens is 4. The quantitative estimate of drug-likeness (QED) is 0.596. The fraction of sp³-hybridized carbons (Fsp3) is 0.375. The van der Waals surface area contributed by atoms with Crippen LogP contribution in [0.4, 0.5) is 10.1 Å². The van der Waals surface area contributed by atoms with E-state index in [1.165, 1.54) is 21.8 Å². The highest BCUT2D eigenvalue weighted by Crippen LogP contribution is 2.22. The third-order valence-electron chi connectivity index (χ3n) is 5.85. The molecule has 0 spiro atoms. The van der Waals surface area contributed by atoms with E-state index >= 15 is 0 Å². The molecule has 1 N–H and O–H groups in total. The van der Waals surface area contributed by atoms with Crippen molar-refractivity contribution in [2.75, 3.05) is 4.90 Å². The van der Waals surface area contributed by atoms with Gasteiger partial charge in [0.1, 0.15) is 18.4 Å². The molecular formula is C24H27FN6O2. The number of nitrogens with zero attached hydrogens (tertiary/aromatic N) is 5. The molecule has 3 aromatic rings. The lowest BCUT2D eigenvalue weighted by molar-refractivity contribution is -0.127. The number of halogens is 1. The third-order valence-corrected chi connectivity index (χ3v) is 5.85. The SMILES string of the molecule is Cc1cccc(N(C(=O)Cn2nnc(-c3ccc(F)cc3)n2)C(C)C(=O)NC2CCCC2)c1. The van der Waals surface area contributed by atoms with Crippen molar-refractivity contribution in [1.82, 2.24) is 25.5 Å². The van der Waals surface area contributed by atoms with Gasteiger partial charge in [0.2, 0.25) is 11.7 Å². The first-order valence-corrected chi connectivity index (χ1v) is 11.1. The van der Waals surface area contributed by atoms with Crippen molar-refractivity contribution < 1.29 is 14.0 Å². The maximum atomic E-state index is 13.4. The Labute approximate surface area is 191 Å². The Morgan fingerprint density at radius 2 is 1.91 bits per heavy atom. The fourth-order valence-electron chi connectivity index (χ4n) is 4.09. The topological polar surface area (TPSA) is 93.0 Å². The summed E-state index contributed by atoms with van der Waals surface area (Å²) in [4.78, 5) is 29.0. The van der Waals surface area contributed by atoms with Crippen molar-refractivity contribution in [3.05, 3.63) is 59.9 Å². The average molecular weight is 451 g/mol. The van der Waals surface area contributed by atoms with Gasteiger partial charge in [0.15, 0.2) is 0 Å². The van der Waals surface area contributed by atoms with E-state index in [4.69, 9.17) is 0 Å². The normalized spacial score (nSPS) is 14.8. The van der Waals surface area contributed by atoms with E-state index in [1.807, 2.05) is 31.2 Å². The largest absolute Gasteiger partial charge is 0.352 e. The van der Waals surface area contributed by atoms with Crippen LogP contribution in [0.25, 0.3) is 11.4 Å².